The van der Waals surface area contributed by atoms with Crippen LogP contribution >= 0.6 is 34.5 Å². The highest BCUT2D eigenvalue weighted by atomic mass is 35.5. The molecule has 0 saturated carbocycles. The average molecular weight is 383 g/mol. The van der Waals surface area contributed by atoms with E-state index in [0.29, 0.717) is 20.5 Å². The van der Waals surface area contributed by atoms with Crippen molar-refractivity contribution in [1.82, 2.24) is 14.3 Å². The number of hydrogen-bond acceptors (Lipinski definition) is 3. The van der Waals surface area contributed by atoms with Gasteiger partial charge in [0.25, 0.3) is 5.91 Å². The summed E-state index contributed by atoms with van der Waals surface area (Å²) in [7, 11) is 1.82. The molecule has 0 N–H and O–H groups in total. The second-order valence-corrected chi connectivity index (χ2v) is 7.57. The molecule has 1 amide bonds. The fourth-order valence-electron chi connectivity index (χ4n) is 2.50. The van der Waals surface area contributed by atoms with Crippen LogP contribution in [-0.2, 0) is 7.05 Å². The number of nitrogens with zero attached hydrogens (tertiary/aromatic N) is 4. The predicted octanol–water partition coefficient (Wildman–Crippen LogP) is 4.37. The molecule has 2 heterocycles. The van der Waals surface area contributed by atoms with Crippen LogP contribution in [0.4, 0.5) is 0 Å². The second kappa shape index (κ2) is 6.35. The van der Waals surface area contributed by atoms with Gasteiger partial charge in [0.05, 0.1) is 26.0 Å². The Morgan fingerprint density at radius 2 is 1.96 bits per heavy atom. The van der Waals surface area contributed by atoms with Gasteiger partial charge in [0.2, 0.25) is 0 Å². The second-order valence-electron chi connectivity index (χ2n) is 5.78. The molecule has 8 heteroatoms. The van der Waals surface area contributed by atoms with Crippen molar-refractivity contribution in [1.29, 1.82) is 0 Å². The summed E-state index contributed by atoms with van der Waals surface area (Å²) in [4.78, 5) is 17.5. The number of amides is 1. The van der Waals surface area contributed by atoms with E-state index in [1.807, 2.05) is 27.8 Å². The summed E-state index contributed by atoms with van der Waals surface area (Å²) in [5.41, 5.74) is 2.03. The Bertz CT molecular complexity index is 1010. The Balaban J connectivity index is 2.18. The first-order chi connectivity index (χ1) is 11.3. The van der Waals surface area contributed by atoms with E-state index in [2.05, 4.69) is 10.1 Å². The largest absolute Gasteiger partial charge is 0.318 e. The maximum atomic E-state index is 12.7. The zero-order chi connectivity index (χ0) is 17.6. The minimum absolute atomic E-state index is 0.0768. The van der Waals surface area contributed by atoms with Gasteiger partial charge in [-0.2, -0.15) is 10.1 Å². The zero-order valence-corrected chi connectivity index (χ0v) is 16.0. The van der Waals surface area contributed by atoms with Crippen LogP contribution in [0.3, 0.4) is 0 Å². The lowest BCUT2D eigenvalue weighted by Gasteiger charge is -2.07. The highest BCUT2D eigenvalue weighted by Gasteiger charge is 2.17. The third-order valence-electron chi connectivity index (χ3n) is 3.61. The van der Waals surface area contributed by atoms with Gasteiger partial charge < -0.3 is 4.57 Å². The van der Waals surface area contributed by atoms with E-state index in [4.69, 9.17) is 23.2 Å². The number of fused-ring (bicyclic) bond motifs is 1. The number of rotatable bonds is 2. The quantitative estimate of drug-likeness (QED) is 0.660. The molecule has 0 spiro atoms. The van der Waals surface area contributed by atoms with Crippen molar-refractivity contribution >= 4 is 50.7 Å². The lowest BCUT2D eigenvalue weighted by atomic mass is 10.3. The van der Waals surface area contributed by atoms with Gasteiger partial charge in [-0.25, -0.2) is 0 Å². The first-order valence-corrected chi connectivity index (χ1v) is 8.95. The van der Waals surface area contributed by atoms with Gasteiger partial charge in [-0.05, 0) is 39.0 Å². The van der Waals surface area contributed by atoms with Gasteiger partial charge in [-0.15, -0.1) is 0 Å². The van der Waals surface area contributed by atoms with Gasteiger partial charge in [0.1, 0.15) is 5.69 Å². The maximum absolute atomic E-state index is 12.7. The number of carbonyl (C=O) groups excluding carboxylic acids is 1. The average Bonchev–Trinajstić information content (AvgIpc) is 3.06. The maximum Gasteiger partial charge on any atom is 0.297 e. The molecule has 0 saturated heterocycles. The molecule has 3 aromatic rings. The number of hydrogen-bond donors (Lipinski definition) is 0. The number of carbonyl (C=O) groups is 1. The molecule has 5 nitrogen and oxygen atoms in total. The van der Waals surface area contributed by atoms with E-state index >= 15 is 0 Å². The molecular formula is C16H16Cl2N4OS. The summed E-state index contributed by atoms with van der Waals surface area (Å²) in [5.74, 6) is -0.335. The molecule has 0 fully saturated rings. The molecule has 0 bridgehead atoms. The SMILES string of the molecule is Cc1cc(C(=O)N=c2sc3c(Cl)ccc(Cl)c3n2C)n(C(C)C)n1. The Morgan fingerprint density at radius 1 is 1.29 bits per heavy atom. The standard InChI is InChI=1S/C16H16Cl2N4OS/c1-8(2)22-12(7-9(3)20-22)15(23)19-16-21(4)13-10(17)5-6-11(18)14(13)24-16/h5-8H,1-4H3. The molecule has 0 atom stereocenters. The van der Waals surface area contributed by atoms with Crippen molar-refractivity contribution in [3.63, 3.8) is 0 Å². The molecule has 0 aliphatic heterocycles. The van der Waals surface area contributed by atoms with E-state index in [1.165, 1.54) is 11.3 Å². The highest BCUT2D eigenvalue weighted by molar-refractivity contribution is 7.17. The summed E-state index contributed by atoms with van der Waals surface area (Å²) >= 11 is 13.8. The monoisotopic (exact) mass is 382 g/mol. The van der Waals surface area contributed by atoms with E-state index in [1.54, 1.807) is 27.4 Å². The Morgan fingerprint density at radius 3 is 2.58 bits per heavy atom. The molecule has 3 rings (SSSR count). The molecule has 24 heavy (non-hydrogen) atoms. The van der Waals surface area contributed by atoms with Crippen LogP contribution in [0.5, 0.6) is 0 Å². The third kappa shape index (κ3) is 2.90. The molecule has 126 valence electrons. The summed E-state index contributed by atoms with van der Waals surface area (Å²) in [6, 6.07) is 5.31. The predicted molar refractivity (Wildman–Crippen MR) is 98.1 cm³/mol. The topological polar surface area (TPSA) is 52.2 Å². The number of aryl methyl sites for hydroxylation is 2. The molecule has 1 aromatic carbocycles. The van der Waals surface area contributed by atoms with Gasteiger partial charge in [0.15, 0.2) is 4.80 Å². The van der Waals surface area contributed by atoms with Crippen molar-refractivity contribution in [2.45, 2.75) is 26.8 Å². The van der Waals surface area contributed by atoms with Crippen LogP contribution in [0.25, 0.3) is 10.2 Å². The van der Waals surface area contributed by atoms with Crippen LogP contribution in [0.1, 0.15) is 36.1 Å². The van der Waals surface area contributed by atoms with Gasteiger partial charge in [-0.1, -0.05) is 34.5 Å². The lowest BCUT2D eigenvalue weighted by molar-refractivity contribution is 0.0986. The molecule has 2 aromatic heterocycles. The molecule has 0 aliphatic rings. The van der Waals surface area contributed by atoms with Crippen LogP contribution < -0.4 is 4.80 Å². The van der Waals surface area contributed by atoms with Crippen LogP contribution in [0.15, 0.2) is 23.2 Å². The fraction of sp³-hybridized carbons (Fsp3) is 0.312. The molecule has 0 unspecified atom stereocenters. The summed E-state index contributed by atoms with van der Waals surface area (Å²) < 4.78 is 4.29. The van der Waals surface area contributed by atoms with E-state index in [9.17, 15) is 4.79 Å². The summed E-state index contributed by atoms with van der Waals surface area (Å²) in [6.07, 6.45) is 0. The van der Waals surface area contributed by atoms with Gasteiger partial charge in [0, 0.05) is 13.1 Å². The summed E-state index contributed by atoms with van der Waals surface area (Å²) in [5, 5.41) is 5.52. The molecule has 0 aliphatic carbocycles. The van der Waals surface area contributed by atoms with Crippen molar-refractivity contribution in [3.05, 3.63) is 44.4 Å². The first-order valence-electron chi connectivity index (χ1n) is 7.38. The van der Waals surface area contributed by atoms with Crippen molar-refractivity contribution in [2.75, 3.05) is 0 Å². The van der Waals surface area contributed by atoms with E-state index in [0.717, 1.165) is 15.9 Å². The number of halogens is 2. The summed E-state index contributed by atoms with van der Waals surface area (Å²) in [6.45, 7) is 5.80. The molecular weight excluding hydrogens is 367 g/mol. The van der Waals surface area contributed by atoms with Gasteiger partial charge in [-0.3, -0.25) is 9.48 Å². The number of thiazole rings is 1. The Labute approximate surface area is 153 Å². The van der Waals surface area contributed by atoms with Crippen molar-refractivity contribution in [3.8, 4) is 0 Å². The Hall–Kier alpha value is -1.63. The van der Waals surface area contributed by atoms with E-state index < -0.39 is 0 Å². The van der Waals surface area contributed by atoms with Crippen molar-refractivity contribution < 1.29 is 4.79 Å². The van der Waals surface area contributed by atoms with Crippen LogP contribution in [0.2, 0.25) is 10.0 Å². The first kappa shape index (κ1) is 17.2. The number of aromatic nitrogens is 3. The highest BCUT2D eigenvalue weighted by Crippen LogP contribution is 2.31. The van der Waals surface area contributed by atoms with Gasteiger partial charge >= 0.3 is 0 Å². The third-order valence-corrected chi connectivity index (χ3v) is 5.51. The smallest absolute Gasteiger partial charge is 0.297 e. The fourth-order valence-corrected chi connectivity index (χ4v) is 4.16. The minimum atomic E-state index is -0.335. The number of benzene rings is 1. The van der Waals surface area contributed by atoms with E-state index in [-0.39, 0.29) is 11.9 Å². The molecule has 0 radical (unpaired) electrons. The lowest BCUT2D eigenvalue weighted by Crippen LogP contribution is -2.16. The zero-order valence-electron chi connectivity index (χ0n) is 13.7. The van der Waals surface area contributed by atoms with Crippen molar-refractivity contribution in [2.24, 2.45) is 12.0 Å². The Kier molecular flexibility index (Phi) is 4.55. The van der Waals surface area contributed by atoms with Crippen LogP contribution in [0, 0.1) is 6.92 Å². The van der Waals surface area contributed by atoms with Crippen LogP contribution in [-0.4, -0.2) is 20.3 Å². The minimum Gasteiger partial charge on any atom is -0.318 e. The normalized spacial score (nSPS) is 12.5.